The van der Waals surface area contributed by atoms with E-state index in [4.69, 9.17) is 0 Å². The molecule has 0 amide bonds. The maximum atomic E-state index is 2.66. The molecule has 2 aromatic carbocycles. The van der Waals surface area contributed by atoms with Gasteiger partial charge in [0.2, 0.25) is 0 Å². The average Bonchev–Trinajstić information content (AvgIpc) is 3.31. The summed E-state index contributed by atoms with van der Waals surface area (Å²) in [4.78, 5) is 0. The van der Waals surface area contributed by atoms with Crippen molar-refractivity contribution in [3.63, 3.8) is 0 Å². The fraction of sp³-hybridized carbons (Fsp3) is 0.588. The normalized spacial score (nSPS) is 34.3. The molecule has 0 spiro atoms. The number of rotatable bonds is 2. The zero-order valence-corrected chi connectivity index (χ0v) is 26.8. The van der Waals surface area contributed by atoms with Crippen LogP contribution in [0.15, 0.2) is 22.3 Å². The Balaban J connectivity index is 1.83. The predicted octanol–water partition coefficient (Wildman–Crippen LogP) is 7.22. The maximum Gasteiger partial charge on any atom is 0.0806 e. The second-order valence-corrected chi connectivity index (χ2v) is 13.9. The van der Waals surface area contributed by atoms with Gasteiger partial charge in [0.25, 0.3) is 0 Å². The highest BCUT2D eigenvalue weighted by Gasteiger charge is 2.66. The quantitative estimate of drug-likeness (QED) is 0.394. The summed E-state index contributed by atoms with van der Waals surface area (Å²) in [6.07, 6.45) is 0. The lowest BCUT2D eigenvalue weighted by atomic mass is 9.66. The number of hydrogen-bond donors (Lipinski definition) is 0. The molecule has 4 nitrogen and oxygen atoms in total. The molecule has 0 aromatic heterocycles. The van der Waals surface area contributed by atoms with Gasteiger partial charge >= 0.3 is 0 Å². The van der Waals surface area contributed by atoms with E-state index in [-0.39, 0.29) is 22.2 Å². The van der Waals surface area contributed by atoms with Crippen LogP contribution in [0, 0.1) is 27.7 Å². The lowest BCUT2D eigenvalue weighted by Crippen LogP contribution is -2.51. The summed E-state index contributed by atoms with van der Waals surface area (Å²) in [6, 6.07) is 0. The molecule has 38 heavy (non-hydrogen) atoms. The van der Waals surface area contributed by atoms with E-state index < -0.39 is 0 Å². The van der Waals surface area contributed by atoms with Gasteiger partial charge in [-0.3, -0.25) is 0 Å². The van der Waals surface area contributed by atoms with Crippen LogP contribution in [-0.2, 0) is 22.2 Å². The van der Waals surface area contributed by atoms with E-state index in [1.54, 1.807) is 0 Å². The first-order chi connectivity index (χ1) is 17.4. The fourth-order valence-electron chi connectivity index (χ4n) is 10.8. The van der Waals surface area contributed by atoms with Crippen LogP contribution in [0.1, 0.15) is 99.9 Å². The zero-order valence-electron chi connectivity index (χ0n) is 26.8. The molecule has 0 fully saturated rings. The van der Waals surface area contributed by atoms with Crippen molar-refractivity contribution >= 4 is 10.8 Å². The van der Waals surface area contributed by atoms with Crippen LogP contribution in [0.4, 0.5) is 0 Å². The Morgan fingerprint density at radius 3 is 0.737 bits per heavy atom. The monoisotopic (exact) mass is 512 g/mol. The molecule has 0 radical (unpaired) electrons. The van der Waals surface area contributed by atoms with Gasteiger partial charge in [0.05, 0.1) is 22.2 Å². The lowest BCUT2D eigenvalue weighted by molar-refractivity contribution is -0.0910. The molecule has 2 aromatic rings. The highest BCUT2D eigenvalue weighted by molar-refractivity contribution is 6.00. The molecule has 0 aliphatic carbocycles. The summed E-state index contributed by atoms with van der Waals surface area (Å²) in [7, 11) is 8.87. The fourth-order valence-corrected chi connectivity index (χ4v) is 10.8. The van der Waals surface area contributed by atoms with E-state index in [2.05, 4.69) is 131 Å². The van der Waals surface area contributed by atoms with Crippen molar-refractivity contribution in [2.24, 2.45) is 0 Å². The van der Waals surface area contributed by atoms with Crippen LogP contribution in [0.5, 0.6) is 0 Å². The molecule has 4 bridgehead atoms. The van der Waals surface area contributed by atoms with Crippen LogP contribution in [0.2, 0.25) is 0 Å². The van der Waals surface area contributed by atoms with Gasteiger partial charge in [-0.15, -0.1) is 0 Å². The van der Waals surface area contributed by atoms with Crippen LogP contribution in [0.25, 0.3) is 10.8 Å². The Labute approximate surface area is 230 Å². The van der Waals surface area contributed by atoms with Gasteiger partial charge in [0, 0.05) is 28.2 Å². The molecule has 0 N–H and O–H groups in total. The van der Waals surface area contributed by atoms with Crippen molar-refractivity contribution in [1.82, 2.24) is 20.0 Å². The van der Waals surface area contributed by atoms with Crippen LogP contribution in [-0.4, -0.2) is 48.2 Å². The Morgan fingerprint density at radius 1 is 0.395 bits per heavy atom. The third-order valence-electron chi connectivity index (χ3n) is 12.2. The molecular formula is C34H48N4. The van der Waals surface area contributed by atoms with Gasteiger partial charge in [0.1, 0.15) is 0 Å². The van der Waals surface area contributed by atoms with E-state index in [9.17, 15) is 0 Å². The second-order valence-electron chi connectivity index (χ2n) is 13.9. The first-order valence-electron chi connectivity index (χ1n) is 14.3. The Bertz CT molecular complexity index is 1350. The molecule has 0 saturated heterocycles. The number of hydrazine groups is 2. The van der Waals surface area contributed by atoms with E-state index in [0.29, 0.717) is 0 Å². The number of fused-ring (bicyclic) bond motifs is 11. The van der Waals surface area contributed by atoms with Crippen molar-refractivity contribution in [3.05, 3.63) is 66.8 Å². The lowest BCUT2D eigenvalue weighted by Gasteiger charge is -2.42. The summed E-state index contributed by atoms with van der Waals surface area (Å²) in [5, 5.41) is 13.0. The minimum atomic E-state index is -0.142. The number of hydrogen-bond acceptors (Lipinski definition) is 4. The average molecular weight is 513 g/mol. The standard InChI is InChI=1S/C34H48N4/c1-17-25-18(2)29-30(34(12)24(8)23(7)33(29,11)38(34)36(15)16)20(4)26(25)19(3)28-27(17)31(9)21(5)22(6)32(28,10)37(31)35(13)14/h1-16H3. The first-order valence-corrected chi connectivity index (χ1v) is 14.3. The molecule has 4 aliphatic heterocycles. The van der Waals surface area contributed by atoms with Gasteiger partial charge < -0.3 is 0 Å². The van der Waals surface area contributed by atoms with Gasteiger partial charge in [-0.2, -0.15) is 0 Å². The molecule has 204 valence electrons. The summed E-state index contributed by atoms with van der Waals surface area (Å²) >= 11 is 0. The molecule has 4 atom stereocenters. The third-order valence-corrected chi connectivity index (χ3v) is 12.2. The summed E-state index contributed by atoms with van der Waals surface area (Å²) in [5.74, 6) is 0. The van der Waals surface area contributed by atoms with Crippen molar-refractivity contribution < 1.29 is 0 Å². The topological polar surface area (TPSA) is 13.0 Å². The van der Waals surface area contributed by atoms with Gasteiger partial charge in [-0.1, -0.05) is 0 Å². The molecule has 4 unspecified atom stereocenters. The maximum absolute atomic E-state index is 2.66. The van der Waals surface area contributed by atoms with Crippen molar-refractivity contribution in [3.8, 4) is 0 Å². The van der Waals surface area contributed by atoms with Crippen LogP contribution < -0.4 is 0 Å². The van der Waals surface area contributed by atoms with Gasteiger partial charge in [-0.05, 0) is 161 Å². The van der Waals surface area contributed by atoms with E-state index in [1.165, 1.54) is 77.6 Å². The Hall–Kier alpha value is -1.98. The van der Waals surface area contributed by atoms with Crippen molar-refractivity contribution in [2.75, 3.05) is 28.2 Å². The number of benzene rings is 2. The van der Waals surface area contributed by atoms with Crippen molar-refractivity contribution in [2.45, 2.75) is 105 Å². The zero-order chi connectivity index (χ0) is 28.4. The largest absolute Gasteiger partial charge is 0.246 e. The molecular weight excluding hydrogens is 464 g/mol. The first kappa shape index (κ1) is 26.3. The summed E-state index contributed by atoms with van der Waals surface area (Å²) in [5.41, 5.74) is 17.5. The molecule has 4 heterocycles. The number of aryl methyl sites for hydroxylation is 4. The Morgan fingerprint density at radius 2 is 0.579 bits per heavy atom. The Kier molecular flexibility index (Phi) is 4.85. The smallest absolute Gasteiger partial charge is 0.0806 e. The van der Waals surface area contributed by atoms with E-state index in [0.717, 1.165) is 0 Å². The van der Waals surface area contributed by atoms with E-state index in [1.807, 2.05) is 0 Å². The predicted molar refractivity (Wildman–Crippen MR) is 160 cm³/mol. The van der Waals surface area contributed by atoms with Crippen molar-refractivity contribution in [1.29, 1.82) is 0 Å². The number of nitrogens with zero attached hydrogens (tertiary/aromatic N) is 4. The van der Waals surface area contributed by atoms with Crippen LogP contribution >= 0.6 is 0 Å². The molecule has 0 saturated carbocycles. The minimum Gasteiger partial charge on any atom is -0.246 e. The molecule has 4 heteroatoms. The summed E-state index contributed by atoms with van der Waals surface area (Å²) in [6.45, 7) is 29.0. The summed E-state index contributed by atoms with van der Waals surface area (Å²) < 4.78 is 0. The van der Waals surface area contributed by atoms with Crippen LogP contribution in [0.3, 0.4) is 0 Å². The SMILES string of the molecule is CC1=C(C)C2(C)c3c(c(C)c4c(C)c5c(c(C)c4c3C)C3(C)C(C)=C(C)C5(C)N3N(C)C)C1(C)N2N(C)C. The minimum absolute atomic E-state index is 0.142. The second kappa shape index (κ2) is 7.01. The molecule has 6 rings (SSSR count). The third kappa shape index (κ3) is 2.19. The highest BCUT2D eigenvalue weighted by atomic mass is 15.7. The highest BCUT2D eigenvalue weighted by Crippen LogP contribution is 2.68. The van der Waals surface area contributed by atoms with Gasteiger partial charge in [-0.25, -0.2) is 20.0 Å². The van der Waals surface area contributed by atoms with Gasteiger partial charge in [0.15, 0.2) is 0 Å². The molecule has 4 aliphatic rings. The van der Waals surface area contributed by atoms with E-state index >= 15 is 0 Å².